The second kappa shape index (κ2) is 10.9. The van der Waals surface area contributed by atoms with Gasteiger partial charge in [0.05, 0.1) is 25.2 Å². The van der Waals surface area contributed by atoms with Gasteiger partial charge in [-0.1, -0.05) is 6.07 Å². The Morgan fingerprint density at radius 3 is 2.35 bits per heavy atom. The smallest absolute Gasteiger partial charge is 0.387 e. The summed E-state index contributed by atoms with van der Waals surface area (Å²) < 4.78 is 39.2. The average molecular weight is 432 g/mol. The van der Waals surface area contributed by atoms with Crippen LogP contribution in [0, 0.1) is 25.2 Å². The molecule has 0 aromatic heterocycles. The Hall–Kier alpha value is -3.67. The Kier molecular flexibility index (Phi) is 8.32. The number of ether oxygens (including phenoxy) is 3. The molecule has 2 rings (SSSR count). The SMILES string of the molecule is COc1cc(C(=O)OCC(=O)N(CCC#N)c2cc(C)cc(C)c2)ccc1OC(F)F. The van der Waals surface area contributed by atoms with Gasteiger partial charge in [0.2, 0.25) is 0 Å². The molecular formula is C22H22F2N2O5. The van der Waals surface area contributed by atoms with Crippen molar-refractivity contribution in [3.8, 4) is 17.6 Å². The third-order valence-corrected chi connectivity index (χ3v) is 4.21. The zero-order chi connectivity index (χ0) is 23.0. The number of hydrogen-bond acceptors (Lipinski definition) is 6. The highest BCUT2D eigenvalue weighted by Gasteiger charge is 2.20. The summed E-state index contributed by atoms with van der Waals surface area (Å²) in [6.45, 7) is 0.309. The summed E-state index contributed by atoms with van der Waals surface area (Å²) in [6, 6.07) is 11.1. The van der Waals surface area contributed by atoms with Crippen LogP contribution in [0.15, 0.2) is 36.4 Å². The van der Waals surface area contributed by atoms with E-state index in [9.17, 15) is 18.4 Å². The molecule has 0 aliphatic rings. The Morgan fingerprint density at radius 2 is 1.77 bits per heavy atom. The molecule has 0 radical (unpaired) electrons. The Labute approximate surface area is 178 Å². The van der Waals surface area contributed by atoms with Crippen LogP contribution in [0.5, 0.6) is 11.5 Å². The Bertz CT molecular complexity index is 968. The van der Waals surface area contributed by atoms with Gasteiger partial charge in [0.1, 0.15) is 0 Å². The minimum Gasteiger partial charge on any atom is -0.493 e. The summed E-state index contributed by atoms with van der Waals surface area (Å²) in [5.74, 6) is -1.65. The summed E-state index contributed by atoms with van der Waals surface area (Å²) in [6.07, 6.45) is 0.107. The number of hydrogen-bond donors (Lipinski definition) is 0. The van der Waals surface area contributed by atoms with E-state index < -0.39 is 25.1 Å². The van der Waals surface area contributed by atoms with Gasteiger partial charge in [-0.15, -0.1) is 0 Å². The van der Waals surface area contributed by atoms with Crippen molar-refractivity contribution in [1.82, 2.24) is 0 Å². The lowest BCUT2D eigenvalue weighted by Crippen LogP contribution is -2.35. The summed E-state index contributed by atoms with van der Waals surface area (Å²) in [5, 5.41) is 8.90. The molecule has 31 heavy (non-hydrogen) atoms. The van der Waals surface area contributed by atoms with Crippen LogP contribution in [0.4, 0.5) is 14.5 Å². The zero-order valence-electron chi connectivity index (χ0n) is 17.4. The van der Waals surface area contributed by atoms with Crippen molar-refractivity contribution >= 4 is 17.6 Å². The van der Waals surface area contributed by atoms with Gasteiger partial charge in [-0.3, -0.25) is 4.79 Å². The average Bonchev–Trinajstić information content (AvgIpc) is 2.71. The van der Waals surface area contributed by atoms with E-state index in [-0.39, 0.29) is 30.0 Å². The number of nitrogens with zero attached hydrogens (tertiary/aromatic N) is 2. The molecule has 0 unspecified atom stereocenters. The lowest BCUT2D eigenvalue weighted by Gasteiger charge is -2.22. The molecular weight excluding hydrogens is 410 g/mol. The first-order valence-corrected chi connectivity index (χ1v) is 9.30. The highest BCUT2D eigenvalue weighted by Crippen LogP contribution is 2.29. The van der Waals surface area contributed by atoms with E-state index in [4.69, 9.17) is 14.7 Å². The van der Waals surface area contributed by atoms with E-state index in [2.05, 4.69) is 4.74 Å². The van der Waals surface area contributed by atoms with E-state index >= 15 is 0 Å². The number of anilines is 1. The Morgan fingerprint density at radius 1 is 1.10 bits per heavy atom. The fraction of sp³-hybridized carbons (Fsp3) is 0.318. The van der Waals surface area contributed by atoms with Gasteiger partial charge in [-0.05, 0) is 55.3 Å². The van der Waals surface area contributed by atoms with Gasteiger partial charge in [-0.25, -0.2) is 4.79 Å². The molecule has 0 heterocycles. The molecule has 0 N–H and O–H groups in total. The number of carbonyl (C=O) groups is 2. The van der Waals surface area contributed by atoms with E-state index in [1.807, 2.05) is 26.0 Å². The van der Waals surface area contributed by atoms with Gasteiger partial charge in [0.15, 0.2) is 18.1 Å². The van der Waals surface area contributed by atoms with E-state index in [1.54, 1.807) is 12.1 Å². The predicted octanol–water partition coefficient (Wildman–Crippen LogP) is 4.02. The fourth-order valence-electron chi connectivity index (χ4n) is 2.94. The van der Waals surface area contributed by atoms with Crippen molar-refractivity contribution in [3.05, 3.63) is 53.1 Å². The molecule has 0 atom stereocenters. The van der Waals surface area contributed by atoms with Gasteiger partial charge < -0.3 is 19.1 Å². The van der Waals surface area contributed by atoms with Crippen LogP contribution >= 0.6 is 0 Å². The molecule has 1 amide bonds. The maximum atomic E-state index is 12.7. The molecule has 0 saturated heterocycles. The minimum absolute atomic E-state index is 0.00115. The van der Waals surface area contributed by atoms with E-state index in [0.29, 0.717) is 5.69 Å². The number of alkyl halides is 2. The summed E-state index contributed by atoms with van der Waals surface area (Å²) in [7, 11) is 1.24. The number of methoxy groups -OCH3 is 1. The number of rotatable bonds is 9. The molecule has 0 aliphatic heterocycles. The first-order valence-electron chi connectivity index (χ1n) is 9.30. The molecule has 0 bridgehead atoms. The van der Waals surface area contributed by atoms with E-state index in [1.165, 1.54) is 24.1 Å². The molecule has 0 aliphatic carbocycles. The molecule has 0 saturated carbocycles. The van der Waals surface area contributed by atoms with Gasteiger partial charge in [0, 0.05) is 12.2 Å². The third kappa shape index (κ3) is 6.67. The number of amides is 1. The van der Waals surface area contributed by atoms with Crippen molar-refractivity contribution in [2.45, 2.75) is 26.9 Å². The topological polar surface area (TPSA) is 88.9 Å². The lowest BCUT2D eigenvalue weighted by molar-refractivity contribution is -0.121. The zero-order valence-corrected chi connectivity index (χ0v) is 17.4. The number of aryl methyl sites for hydroxylation is 2. The van der Waals surface area contributed by atoms with Crippen LogP contribution in [-0.2, 0) is 9.53 Å². The third-order valence-electron chi connectivity index (χ3n) is 4.21. The van der Waals surface area contributed by atoms with Crippen LogP contribution in [0.1, 0.15) is 27.9 Å². The molecule has 2 aromatic rings. The molecule has 0 fully saturated rings. The normalized spacial score (nSPS) is 10.4. The van der Waals surface area contributed by atoms with Crippen molar-refractivity contribution in [2.24, 2.45) is 0 Å². The minimum atomic E-state index is -3.05. The van der Waals surface area contributed by atoms with Crippen LogP contribution in [-0.4, -0.2) is 38.7 Å². The van der Waals surface area contributed by atoms with Crippen molar-refractivity contribution in [1.29, 1.82) is 5.26 Å². The van der Waals surface area contributed by atoms with Crippen molar-refractivity contribution in [3.63, 3.8) is 0 Å². The Balaban J connectivity index is 2.12. The molecule has 9 heteroatoms. The second-order valence-electron chi connectivity index (χ2n) is 6.62. The molecule has 7 nitrogen and oxygen atoms in total. The number of carbonyl (C=O) groups excluding carboxylic acids is 2. The maximum Gasteiger partial charge on any atom is 0.387 e. The fourth-order valence-corrected chi connectivity index (χ4v) is 2.94. The van der Waals surface area contributed by atoms with Crippen molar-refractivity contribution in [2.75, 3.05) is 25.2 Å². The first kappa shape index (κ1) is 23.6. The number of benzene rings is 2. The highest BCUT2D eigenvalue weighted by molar-refractivity contribution is 5.97. The van der Waals surface area contributed by atoms with E-state index in [0.717, 1.165) is 17.2 Å². The quantitative estimate of drug-likeness (QED) is 0.556. The van der Waals surface area contributed by atoms with Crippen LogP contribution < -0.4 is 14.4 Å². The highest BCUT2D eigenvalue weighted by atomic mass is 19.3. The van der Waals surface area contributed by atoms with Gasteiger partial charge in [0.25, 0.3) is 5.91 Å². The van der Waals surface area contributed by atoms with Crippen molar-refractivity contribution < 1.29 is 32.6 Å². The number of halogens is 2. The van der Waals surface area contributed by atoms with Gasteiger partial charge in [-0.2, -0.15) is 14.0 Å². The van der Waals surface area contributed by atoms with Crippen LogP contribution in [0.3, 0.4) is 0 Å². The number of esters is 1. The molecule has 164 valence electrons. The molecule has 0 spiro atoms. The predicted molar refractivity (Wildman–Crippen MR) is 108 cm³/mol. The van der Waals surface area contributed by atoms with Crippen LogP contribution in [0.2, 0.25) is 0 Å². The summed E-state index contributed by atoms with van der Waals surface area (Å²) >= 11 is 0. The largest absolute Gasteiger partial charge is 0.493 e. The standard InChI is InChI=1S/C22H22F2N2O5/c1-14-9-15(2)11-17(10-14)26(8-4-7-25)20(27)13-30-21(28)16-5-6-18(31-22(23)24)19(12-16)29-3/h5-6,9-12,22H,4,8,13H2,1-3H3. The second-order valence-corrected chi connectivity index (χ2v) is 6.62. The lowest BCUT2D eigenvalue weighted by atomic mass is 10.1. The van der Waals surface area contributed by atoms with Gasteiger partial charge >= 0.3 is 12.6 Å². The van der Waals surface area contributed by atoms with Crippen LogP contribution in [0.25, 0.3) is 0 Å². The maximum absolute atomic E-state index is 12.7. The first-order chi connectivity index (χ1) is 14.7. The monoisotopic (exact) mass is 432 g/mol. The summed E-state index contributed by atoms with van der Waals surface area (Å²) in [5.41, 5.74) is 2.49. The summed E-state index contributed by atoms with van der Waals surface area (Å²) in [4.78, 5) is 26.4. The number of nitriles is 1. The molecule has 2 aromatic carbocycles.